The fourth-order valence-corrected chi connectivity index (χ4v) is 11.3. The Kier molecular flexibility index (Phi) is 33.1. The second-order valence-corrected chi connectivity index (χ2v) is 23.5. The maximum Gasteiger partial charge on any atom is 0.407 e. The fourth-order valence-electron chi connectivity index (χ4n) is 10.4. The van der Waals surface area contributed by atoms with Crippen LogP contribution < -0.4 is 16.0 Å². The van der Waals surface area contributed by atoms with Crippen LogP contribution in [-0.4, -0.2) is 177 Å². The molecule has 2 aromatic rings. The van der Waals surface area contributed by atoms with Gasteiger partial charge < -0.3 is 54.5 Å². The zero-order valence-corrected chi connectivity index (χ0v) is 52.3. The van der Waals surface area contributed by atoms with E-state index in [1.54, 1.807) is 47.5 Å². The summed E-state index contributed by atoms with van der Waals surface area (Å²) < 4.78 is 28.2. The van der Waals surface area contributed by atoms with Gasteiger partial charge in [-0.25, -0.2) is 9.78 Å². The maximum atomic E-state index is 14.9. The zero-order valence-electron chi connectivity index (χ0n) is 51.5. The summed E-state index contributed by atoms with van der Waals surface area (Å²) in [5.41, 5.74) is 1.73. The standard InChI is InChI=1S/C63H99N7O13S/c1-10-27-70(62(77)51(45(6)12-3)40-55(72)53-18-15-17-28-68(53)9)54(44(4)5)41-57(82-30-11-2)61-67-52(43-84-61)60(76)66-49(39-48-21-23-50(71)24-22-48)38-46(7)56(73)42-65-63(78)83-37-36-81-35-34-80-33-32-79-31-26-64-58(74)19-14-13-16-29-69-47(8)20-25-59(69)75/h20-25,43-46,49,51,53-54,57,71H,8,10-19,26-42H2,1-7,9H3,(H,64,74)(H,65,78)(H,66,76)/t45-,46-,49+,51-,53+,54+,57+/m0/s1. The van der Waals surface area contributed by atoms with Crippen molar-refractivity contribution in [3.05, 3.63) is 70.3 Å². The third-order valence-electron chi connectivity index (χ3n) is 15.6. The number of allylic oxidation sites excluding steroid dienone is 1. The van der Waals surface area contributed by atoms with E-state index < -0.39 is 36.0 Å². The number of ketones is 2. The first-order valence-electron chi connectivity index (χ1n) is 30.7. The highest BCUT2D eigenvalue weighted by atomic mass is 32.1. The van der Waals surface area contributed by atoms with Crippen molar-refractivity contribution < 1.29 is 62.4 Å². The number of phenolic OH excluding ortho intramolecular Hbond substituents is 1. The Morgan fingerprint density at radius 3 is 2.20 bits per heavy atom. The van der Waals surface area contributed by atoms with Crippen LogP contribution in [0.1, 0.15) is 159 Å². The number of rotatable bonds is 43. The van der Waals surface area contributed by atoms with Gasteiger partial charge in [-0.15, -0.1) is 11.3 Å². The Morgan fingerprint density at radius 2 is 1.56 bits per heavy atom. The third kappa shape index (κ3) is 25.2. The zero-order chi connectivity index (χ0) is 61.4. The lowest BCUT2D eigenvalue weighted by Gasteiger charge is -2.40. The summed E-state index contributed by atoms with van der Waals surface area (Å²) in [5, 5.41) is 20.8. The first-order chi connectivity index (χ1) is 40.4. The lowest BCUT2D eigenvalue weighted by molar-refractivity contribution is -0.145. The largest absolute Gasteiger partial charge is 0.508 e. The number of carbonyl (C=O) groups is 7. The number of likely N-dealkylation sites (tertiary alicyclic amines) is 1. The van der Waals surface area contributed by atoms with Crippen LogP contribution in [0.2, 0.25) is 0 Å². The number of alkyl carbamates (subject to hydrolysis) is 1. The quantitative estimate of drug-likeness (QED) is 0.0456. The average molecular weight is 1190 g/mol. The number of hydrogen-bond acceptors (Lipinski definition) is 16. The average Bonchev–Trinajstić information content (AvgIpc) is 4.27. The van der Waals surface area contributed by atoms with E-state index in [2.05, 4.69) is 62.0 Å². The molecule has 1 fully saturated rings. The number of phenols is 1. The van der Waals surface area contributed by atoms with Gasteiger partial charge in [0.15, 0.2) is 11.6 Å². The van der Waals surface area contributed by atoms with Crippen LogP contribution in [0.25, 0.3) is 0 Å². The van der Waals surface area contributed by atoms with Crippen molar-refractivity contribution in [3.63, 3.8) is 0 Å². The maximum absolute atomic E-state index is 14.9. The summed E-state index contributed by atoms with van der Waals surface area (Å²) in [5.74, 6) is -1.51. The molecule has 5 amide bonds. The fraction of sp³-hybridized carbons (Fsp3) is 0.683. The molecule has 4 N–H and O–H groups in total. The minimum absolute atomic E-state index is 0.00492. The van der Waals surface area contributed by atoms with Crippen LogP contribution in [0.5, 0.6) is 5.75 Å². The van der Waals surface area contributed by atoms with Gasteiger partial charge in [0.05, 0.1) is 52.2 Å². The van der Waals surface area contributed by atoms with Crippen LogP contribution in [0.4, 0.5) is 4.79 Å². The van der Waals surface area contributed by atoms with Crippen molar-refractivity contribution in [1.29, 1.82) is 0 Å². The molecule has 7 atom stereocenters. The van der Waals surface area contributed by atoms with E-state index in [9.17, 15) is 38.7 Å². The van der Waals surface area contributed by atoms with Gasteiger partial charge in [0.2, 0.25) is 11.8 Å². The number of piperidine rings is 1. The van der Waals surface area contributed by atoms with Gasteiger partial charge in [0.25, 0.3) is 11.8 Å². The lowest BCUT2D eigenvalue weighted by atomic mass is 9.82. The van der Waals surface area contributed by atoms with Gasteiger partial charge in [0, 0.05) is 86.6 Å². The van der Waals surface area contributed by atoms with E-state index in [4.69, 9.17) is 28.7 Å². The molecular formula is C63H99N7O13S. The number of thiazole rings is 1. The second-order valence-electron chi connectivity index (χ2n) is 22.6. The van der Waals surface area contributed by atoms with E-state index in [1.165, 1.54) is 17.4 Å². The molecule has 1 aromatic heterocycles. The topological polar surface area (TPSA) is 245 Å². The Labute approximate surface area is 503 Å². The molecule has 0 saturated carbocycles. The highest BCUT2D eigenvalue weighted by Crippen LogP contribution is 2.34. The van der Waals surface area contributed by atoms with E-state index in [1.807, 2.05) is 18.9 Å². The van der Waals surface area contributed by atoms with E-state index in [0.29, 0.717) is 82.6 Å². The summed E-state index contributed by atoms with van der Waals surface area (Å²) in [4.78, 5) is 103. The Balaban J connectivity index is 1.21. The summed E-state index contributed by atoms with van der Waals surface area (Å²) in [6, 6.07) is 5.72. The Hall–Kier alpha value is -5.58. The molecule has 84 heavy (non-hydrogen) atoms. The molecule has 0 aliphatic carbocycles. The summed E-state index contributed by atoms with van der Waals surface area (Å²) in [6.07, 6.45) is 11.1. The molecule has 21 heteroatoms. The van der Waals surface area contributed by atoms with Gasteiger partial charge in [-0.3, -0.25) is 33.7 Å². The molecule has 2 aliphatic heterocycles. The van der Waals surface area contributed by atoms with Crippen LogP contribution in [0.15, 0.2) is 54.1 Å². The Bertz CT molecular complexity index is 2370. The molecule has 4 rings (SSSR count). The normalized spacial score (nSPS) is 16.7. The number of aromatic hydroxyl groups is 1. The number of amides is 5. The number of hydrogen-bond donors (Lipinski definition) is 4. The predicted molar refractivity (Wildman–Crippen MR) is 324 cm³/mol. The smallest absolute Gasteiger partial charge is 0.407 e. The van der Waals surface area contributed by atoms with Crippen LogP contribution in [0.3, 0.4) is 0 Å². The number of nitrogens with zero attached hydrogens (tertiary/aromatic N) is 4. The molecule has 0 radical (unpaired) electrons. The molecule has 470 valence electrons. The second kappa shape index (κ2) is 39.2. The van der Waals surface area contributed by atoms with Crippen molar-refractivity contribution >= 4 is 52.6 Å². The van der Waals surface area contributed by atoms with Gasteiger partial charge in [0.1, 0.15) is 29.2 Å². The molecule has 1 saturated heterocycles. The molecule has 0 bridgehead atoms. The highest BCUT2D eigenvalue weighted by molar-refractivity contribution is 7.09. The molecule has 3 heterocycles. The molecule has 1 aromatic carbocycles. The molecule has 20 nitrogen and oxygen atoms in total. The number of benzene rings is 1. The first kappa shape index (κ1) is 70.9. The van der Waals surface area contributed by atoms with E-state index in [0.717, 1.165) is 69.9 Å². The molecule has 2 aliphatic rings. The van der Waals surface area contributed by atoms with Gasteiger partial charge in [-0.1, -0.05) is 86.4 Å². The monoisotopic (exact) mass is 1190 g/mol. The number of nitrogens with one attached hydrogen (secondary N) is 3. The van der Waals surface area contributed by atoms with E-state index >= 15 is 0 Å². The molecular weight excluding hydrogens is 1090 g/mol. The Morgan fingerprint density at radius 1 is 0.857 bits per heavy atom. The van der Waals surface area contributed by atoms with Gasteiger partial charge in [-0.2, -0.15) is 0 Å². The number of aromatic nitrogens is 1. The van der Waals surface area contributed by atoms with Crippen LogP contribution in [-0.2, 0) is 54.1 Å². The summed E-state index contributed by atoms with van der Waals surface area (Å²) in [6.45, 7) is 22.3. The highest BCUT2D eigenvalue weighted by Gasteiger charge is 2.39. The number of carbonyl (C=O) groups excluding carboxylic acids is 7. The van der Waals surface area contributed by atoms with Crippen molar-refractivity contribution in [2.75, 3.05) is 92.6 Å². The summed E-state index contributed by atoms with van der Waals surface area (Å²) in [7, 11) is 2.01. The van der Waals surface area contributed by atoms with Crippen molar-refractivity contribution in [3.8, 4) is 5.75 Å². The lowest BCUT2D eigenvalue weighted by Crippen LogP contribution is -2.50. The molecule has 0 spiro atoms. The number of ether oxygens (including phenoxy) is 5. The number of likely N-dealkylation sites (N-methyl/N-ethyl adjacent to an activating group) is 1. The third-order valence-corrected chi connectivity index (χ3v) is 16.5. The molecule has 0 unspecified atom stereocenters. The van der Waals surface area contributed by atoms with Crippen molar-refractivity contribution in [2.45, 2.75) is 163 Å². The number of Topliss-reactive ketones (excluding diaryl/α,β-unsaturated/α-hetero) is 2. The predicted octanol–water partition coefficient (Wildman–Crippen LogP) is 8.38. The van der Waals surface area contributed by atoms with Crippen LogP contribution in [0, 0.1) is 23.7 Å². The minimum atomic E-state index is -0.774. The minimum Gasteiger partial charge on any atom is -0.508 e. The van der Waals surface area contributed by atoms with Crippen molar-refractivity contribution in [2.24, 2.45) is 23.7 Å². The first-order valence-corrected chi connectivity index (χ1v) is 31.6. The number of unbranched alkanes of at least 4 members (excludes halogenated alkanes) is 2. The van der Waals surface area contributed by atoms with Gasteiger partial charge in [-0.05, 0) is 101 Å². The van der Waals surface area contributed by atoms with Gasteiger partial charge >= 0.3 is 6.09 Å². The summed E-state index contributed by atoms with van der Waals surface area (Å²) >= 11 is 1.32. The van der Waals surface area contributed by atoms with Crippen LogP contribution >= 0.6 is 11.3 Å². The SMILES string of the molecule is C=C1C=CC(=O)N1CCCCCC(=O)NCCOCCOCCOCCOC(=O)NCC(=O)[C@@H](C)C[C@H](Cc1ccc(O)cc1)NC(=O)c1csc([C@@H](C[C@H](C(C)C)N(CCC)C(=O)[C@@H](CC(=O)[C@H]2CCCCN2C)[C@@H](C)CC)OCCC)n1. The van der Waals surface area contributed by atoms with Crippen molar-refractivity contribution in [1.82, 2.24) is 35.6 Å². The van der Waals surface area contributed by atoms with E-state index in [-0.39, 0.29) is 104 Å².